The first-order chi connectivity index (χ1) is 11.8. The van der Waals surface area contributed by atoms with Crippen LogP contribution < -0.4 is 0 Å². The fourth-order valence-electron chi connectivity index (χ4n) is 3.48. The molecule has 2 heterocycles. The Bertz CT molecular complexity index is 830. The number of hydrogen-bond donors (Lipinski definition) is 0. The maximum absolute atomic E-state index is 12.7. The van der Waals surface area contributed by atoms with Crippen LogP contribution in [0.2, 0.25) is 0 Å². The van der Waals surface area contributed by atoms with E-state index in [1.54, 1.807) is 17.2 Å². The van der Waals surface area contributed by atoms with Gasteiger partial charge in [0.2, 0.25) is 5.91 Å². The van der Waals surface area contributed by atoms with E-state index in [4.69, 9.17) is 0 Å². The number of carbonyl (C=O) groups is 1. The molecular formula is C19H20N4O. The molecule has 0 saturated carbocycles. The van der Waals surface area contributed by atoms with Crippen LogP contribution in [0.1, 0.15) is 24.4 Å². The van der Waals surface area contributed by atoms with Crippen LogP contribution in [-0.4, -0.2) is 38.9 Å². The lowest BCUT2D eigenvalue weighted by Gasteiger charge is -2.31. The van der Waals surface area contributed by atoms with Crippen LogP contribution in [-0.2, 0) is 11.2 Å². The summed E-state index contributed by atoms with van der Waals surface area (Å²) in [4.78, 5) is 16.4. The van der Waals surface area contributed by atoms with Crippen LogP contribution in [0.15, 0.2) is 54.9 Å². The van der Waals surface area contributed by atoms with Gasteiger partial charge in [-0.05, 0) is 29.2 Å². The van der Waals surface area contributed by atoms with Crippen molar-refractivity contribution in [3.63, 3.8) is 0 Å². The fraction of sp³-hybridized carbons (Fsp3) is 0.316. The number of piperidine rings is 1. The van der Waals surface area contributed by atoms with E-state index in [1.165, 1.54) is 10.8 Å². The minimum atomic E-state index is 0.207. The van der Waals surface area contributed by atoms with Crippen molar-refractivity contribution in [3.8, 4) is 0 Å². The number of carbonyl (C=O) groups excluding carboxylic acids is 1. The average molecular weight is 320 g/mol. The van der Waals surface area contributed by atoms with Gasteiger partial charge in [-0.15, -0.1) is 0 Å². The van der Waals surface area contributed by atoms with Crippen molar-refractivity contribution in [1.29, 1.82) is 0 Å². The second-order valence-electron chi connectivity index (χ2n) is 6.28. The van der Waals surface area contributed by atoms with Crippen molar-refractivity contribution in [2.24, 2.45) is 0 Å². The number of benzene rings is 2. The zero-order valence-electron chi connectivity index (χ0n) is 13.5. The molecule has 3 aromatic rings. The zero-order valence-corrected chi connectivity index (χ0v) is 13.5. The van der Waals surface area contributed by atoms with Gasteiger partial charge in [-0.25, -0.2) is 0 Å². The molecule has 5 heteroatoms. The third kappa shape index (κ3) is 2.89. The van der Waals surface area contributed by atoms with E-state index in [0.717, 1.165) is 31.5 Å². The highest BCUT2D eigenvalue weighted by atomic mass is 16.2. The van der Waals surface area contributed by atoms with Gasteiger partial charge in [0.25, 0.3) is 0 Å². The topological polar surface area (TPSA) is 51.0 Å². The summed E-state index contributed by atoms with van der Waals surface area (Å²) >= 11 is 0. The van der Waals surface area contributed by atoms with E-state index in [9.17, 15) is 4.79 Å². The molecule has 4 rings (SSSR count). The number of amides is 1. The standard InChI is InChI=1S/C19H20N4O/c24-19(14-16-6-3-5-15-4-1-2-7-18(15)16)22-12-8-17(9-13-22)23-20-10-11-21-23/h1-7,10-11,17H,8-9,12-14H2. The molecule has 0 bridgehead atoms. The first-order valence-electron chi connectivity index (χ1n) is 8.41. The highest BCUT2D eigenvalue weighted by Gasteiger charge is 2.24. The van der Waals surface area contributed by atoms with Gasteiger partial charge in [-0.3, -0.25) is 4.79 Å². The van der Waals surface area contributed by atoms with E-state index in [1.807, 2.05) is 23.1 Å². The third-order valence-electron chi connectivity index (χ3n) is 4.80. The summed E-state index contributed by atoms with van der Waals surface area (Å²) in [5.74, 6) is 0.207. The second kappa shape index (κ2) is 6.43. The number of nitrogens with zero attached hydrogens (tertiary/aromatic N) is 4. The lowest BCUT2D eigenvalue weighted by molar-refractivity contribution is -0.131. The molecule has 1 saturated heterocycles. The number of fused-ring (bicyclic) bond motifs is 1. The van der Waals surface area contributed by atoms with Crippen molar-refractivity contribution >= 4 is 16.7 Å². The molecule has 1 aliphatic rings. The fourth-order valence-corrected chi connectivity index (χ4v) is 3.48. The summed E-state index contributed by atoms with van der Waals surface area (Å²) in [5.41, 5.74) is 1.11. The third-order valence-corrected chi connectivity index (χ3v) is 4.80. The van der Waals surface area contributed by atoms with Crippen LogP contribution in [0, 0.1) is 0 Å². The van der Waals surface area contributed by atoms with E-state index in [-0.39, 0.29) is 5.91 Å². The smallest absolute Gasteiger partial charge is 0.227 e. The average Bonchev–Trinajstić information content (AvgIpc) is 3.17. The van der Waals surface area contributed by atoms with Crippen LogP contribution in [0.4, 0.5) is 0 Å². The van der Waals surface area contributed by atoms with Gasteiger partial charge < -0.3 is 4.90 Å². The van der Waals surface area contributed by atoms with Crippen molar-refractivity contribution < 1.29 is 4.79 Å². The van der Waals surface area contributed by atoms with Gasteiger partial charge in [0.05, 0.1) is 24.9 Å². The zero-order chi connectivity index (χ0) is 16.4. The SMILES string of the molecule is O=C(Cc1cccc2ccccc12)N1CCC(n2nccn2)CC1. The highest BCUT2D eigenvalue weighted by molar-refractivity contribution is 5.90. The van der Waals surface area contributed by atoms with Gasteiger partial charge in [0, 0.05) is 13.1 Å². The van der Waals surface area contributed by atoms with E-state index in [0.29, 0.717) is 12.5 Å². The Hall–Kier alpha value is -2.69. The summed E-state index contributed by atoms with van der Waals surface area (Å²) in [6.07, 6.45) is 5.70. The van der Waals surface area contributed by atoms with Gasteiger partial charge >= 0.3 is 0 Å². The molecule has 0 N–H and O–H groups in total. The summed E-state index contributed by atoms with van der Waals surface area (Å²) in [6, 6.07) is 14.7. The van der Waals surface area contributed by atoms with Gasteiger partial charge in [0.1, 0.15) is 0 Å². The molecule has 0 unspecified atom stereocenters. The Morgan fingerprint density at radius 1 is 1.00 bits per heavy atom. The Morgan fingerprint density at radius 3 is 2.50 bits per heavy atom. The minimum Gasteiger partial charge on any atom is -0.342 e. The molecule has 5 nitrogen and oxygen atoms in total. The minimum absolute atomic E-state index is 0.207. The van der Waals surface area contributed by atoms with Crippen LogP contribution in [0.3, 0.4) is 0 Å². The molecule has 0 aliphatic carbocycles. The lowest BCUT2D eigenvalue weighted by atomic mass is 10.0. The Morgan fingerprint density at radius 2 is 1.71 bits per heavy atom. The molecule has 0 atom stereocenters. The Kier molecular flexibility index (Phi) is 3.99. The molecule has 24 heavy (non-hydrogen) atoms. The van der Waals surface area contributed by atoms with Crippen molar-refractivity contribution in [2.75, 3.05) is 13.1 Å². The van der Waals surface area contributed by atoms with Gasteiger partial charge in [-0.2, -0.15) is 15.0 Å². The first kappa shape index (κ1) is 14.9. The van der Waals surface area contributed by atoms with Gasteiger partial charge in [-0.1, -0.05) is 42.5 Å². The molecule has 1 fully saturated rings. The maximum atomic E-state index is 12.7. The quantitative estimate of drug-likeness (QED) is 0.745. The number of aromatic nitrogens is 3. The Labute approximate surface area is 140 Å². The summed E-state index contributed by atoms with van der Waals surface area (Å²) in [7, 11) is 0. The summed E-state index contributed by atoms with van der Waals surface area (Å²) < 4.78 is 0. The molecular weight excluding hydrogens is 300 g/mol. The van der Waals surface area contributed by atoms with Crippen LogP contribution in [0.5, 0.6) is 0 Å². The van der Waals surface area contributed by atoms with Crippen molar-refractivity contribution in [1.82, 2.24) is 19.9 Å². The molecule has 1 amide bonds. The molecule has 122 valence electrons. The monoisotopic (exact) mass is 320 g/mol. The first-order valence-corrected chi connectivity index (χ1v) is 8.41. The highest BCUT2D eigenvalue weighted by Crippen LogP contribution is 2.23. The van der Waals surface area contributed by atoms with Gasteiger partial charge in [0.15, 0.2) is 0 Å². The maximum Gasteiger partial charge on any atom is 0.227 e. The molecule has 2 aromatic carbocycles. The predicted molar refractivity (Wildman–Crippen MR) is 92.5 cm³/mol. The molecule has 1 aliphatic heterocycles. The summed E-state index contributed by atoms with van der Waals surface area (Å²) in [6.45, 7) is 1.55. The van der Waals surface area contributed by atoms with Crippen molar-refractivity contribution in [2.45, 2.75) is 25.3 Å². The van der Waals surface area contributed by atoms with E-state index < -0.39 is 0 Å². The van der Waals surface area contributed by atoms with Crippen LogP contribution >= 0.6 is 0 Å². The molecule has 0 radical (unpaired) electrons. The normalized spacial score (nSPS) is 15.8. The van der Waals surface area contributed by atoms with Crippen LogP contribution in [0.25, 0.3) is 10.8 Å². The molecule has 1 aromatic heterocycles. The van der Waals surface area contributed by atoms with E-state index >= 15 is 0 Å². The number of rotatable bonds is 3. The number of likely N-dealkylation sites (tertiary alicyclic amines) is 1. The predicted octanol–water partition coefficient (Wildman–Crippen LogP) is 2.84. The Balaban J connectivity index is 1.43. The second-order valence-corrected chi connectivity index (χ2v) is 6.28. The molecule has 0 spiro atoms. The lowest BCUT2D eigenvalue weighted by Crippen LogP contribution is -2.40. The summed E-state index contributed by atoms with van der Waals surface area (Å²) in [5, 5.41) is 10.8. The number of hydrogen-bond acceptors (Lipinski definition) is 3. The van der Waals surface area contributed by atoms with E-state index in [2.05, 4.69) is 34.5 Å². The largest absolute Gasteiger partial charge is 0.342 e. The van der Waals surface area contributed by atoms with Crippen molar-refractivity contribution in [3.05, 3.63) is 60.4 Å².